The van der Waals surface area contributed by atoms with Crippen LogP contribution in [0.2, 0.25) is 0 Å². The van der Waals surface area contributed by atoms with E-state index in [0.717, 1.165) is 11.9 Å². The van der Waals surface area contributed by atoms with E-state index in [1.54, 1.807) is 24.4 Å². The third kappa shape index (κ3) is 3.24. The molecule has 176 valence electrons. The van der Waals surface area contributed by atoms with Gasteiger partial charge in [-0.15, -0.1) is 0 Å². The van der Waals surface area contributed by atoms with Crippen molar-refractivity contribution < 1.29 is 23.8 Å². The smallest absolute Gasteiger partial charge is 0.240 e. The van der Waals surface area contributed by atoms with Crippen molar-refractivity contribution in [3.8, 4) is 5.88 Å². The molecule has 6 rings (SSSR count). The number of aromatic nitrogens is 3. The number of aliphatic hydroxyl groups is 1. The standard InChI is InChI=1S/C24H24FN5O4/c25-15-3-1-4-18-21(15)24(22(32)30(18)12-19(31)26-13-23(33)7-2-8-23)9-14(10-24)34-20-6-5-16-17(28-20)11-27-29-16/h1,3-6,11,14,33H,2,7-10,12-13H2,(H,26,31)(H,27,29). The van der Waals surface area contributed by atoms with E-state index < -0.39 is 16.8 Å². The highest BCUT2D eigenvalue weighted by Crippen LogP contribution is 2.55. The van der Waals surface area contributed by atoms with E-state index in [1.165, 1.54) is 11.0 Å². The Balaban J connectivity index is 1.19. The van der Waals surface area contributed by atoms with Crippen LogP contribution in [0.15, 0.2) is 36.5 Å². The fourth-order valence-corrected chi connectivity index (χ4v) is 5.30. The third-order valence-electron chi connectivity index (χ3n) is 7.33. The van der Waals surface area contributed by atoms with Crippen molar-refractivity contribution in [3.63, 3.8) is 0 Å². The van der Waals surface area contributed by atoms with Gasteiger partial charge in [0.15, 0.2) is 0 Å². The number of anilines is 1. The summed E-state index contributed by atoms with van der Waals surface area (Å²) in [6.45, 7) is -0.0731. The Morgan fingerprint density at radius 3 is 2.88 bits per heavy atom. The van der Waals surface area contributed by atoms with Gasteiger partial charge in [-0.05, 0) is 37.5 Å². The molecular weight excluding hydrogens is 441 g/mol. The number of hydrogen-bond acceptors (Lipinski definition) is 6. The normalized spacial score (nSPS) is 24.6. The van der Waals surface area contributed by atoms with Crippen LogP contribution in [0.5, 0.6) is 5.88 Å². The number of benzene rings is 1. The van der Waals surface area contributed by atoms with Crippen LogP contribution in [-0.4, -0.2) is 56.9 Å². The molecule has 3 heterocycles. The Labute approximate surface area is 194 Å². The average Bonchev–Trinajstić information content (AvgIpc) is 3.33. The van der Waals surface area contributed by atoms with Gasteiger partial charge in [0, 0.05) is 31.0 Å². The molecule has 3 aliphatic rings. The first kappa shape index (κ1) is 21.0. The van der Waals surface area contributed by atoms with Crippen LogP contribution in [0.3, 0.4) is 0 Å². The minimum absolute atomic E-state index is 0.152. The fourth-order valence-electron chi connectivity index (χ4n) is 5.30. The van der Waals surface area contributed by atoms with Crippen LogP contribution in [0.4, 0.5) is 10.1 Å². The number of carbonyl (C=O) groups is 2. The molecule has 10 heteroatoms. The number of fused-ring (bicyclic) bond motifs is 3. The number of H-pyrrole nitrogens is 1. The molecule has 3 aromatic rings. The quantitative estimate of drug-likeness (QED) is 0.512. The highest BCUT2D eigenvalue weighted by atomic mass is 19.1. The minimum Gasteiger partial charge on any atom is -0.474 e. The van der Waals surface area contributed by atoms with Crippen molar-refractivity contribution in [2.45, 2.75) is 49.2 Å². The number of halogens is 1. The second kappa shape index (κ2) is 7.49. The summed E-state index contributed by atoms with van der Waals surface area (Å²) in [4.78, 5) is 31.8. The topological polar surface area (TPSA) is 120 Å². The van der Waals surface area contributed by atoms with E-state index in [4.69, 9.17) is 4.74 Å². The molecule has 1 aromatic carbocycles. The van der Waals surface area contributed by atoms with Crippen LogP contribution >= 0.6 is 0 Å². The first-order valence-electron chi connectivity index (χ1n) is 11.4. The van der Waals surface area contributed by atoms with Gasteiger partial charge in [-0.3, -0.25) is 14.7 Å². The Morgan fingerprint density at radius 2 is 2.12 bits per heavy atom. The molecule has 2 aromatic heterocycles. The summed E-state index contributed by atoms with van der Waals surface area (Å²) in [5.74, 6) is -0.735. The molecule has 0 atom stereocenters. The maximum atomic E-state index is 15.0. The number of pyridine rings is 1. The number of hydrogen-bond donors (Lipinski definition) is 3. The number of nitrogens with zero attached hydrogens (tertiary/aromatic N) is 3. The number of nitrogens with one attached hydrogen (secondary N) is 2. The molecule has 2 fully saturated rings. The molecule has 9 nitrogen and oxygen atoms in total. The number of ether oxygens (including phenoxy) is 1. The Hall–Kier alpha value is -3.53. The number of rotatable bonds is 6. The van der Waals surface area contributed by atoms with Crippen molar-refractivity contribution >= 4 is 28.5 Å². The largest absolute Gasteiger partial charge is 0.474 e. The molecule has 0 radical (unpaired) electrons. The highest BCUT2D eigenvalue weighted by molar-refractivity contribution is 6.11. The van der Waals surface area contributed by atoms with Crippen LogP contribution in [-0.2, 0) is 15.0 Å². The molecule has 3 N–H and O–H groups in total. The summed E-state index contributed by atoms with van der Waals surface area (Å²) < 4.78 is 20.9. The molecule has 1 spiro atoms. The number of carbonyl (C=O) groups excluding carboxylic acids is 2. The molecular formula is C24H24FN5O4. The second-order valence-corrected chi connectivity index (χ2v) is 9.56. The zero-order valence-corrected chi connectivity index (χ0v) is 18.4. The van der Waals surface area contributed by atoms with E-state index in [0.29, 0.717) is 48.3 Å². The zero-order valence-electron chi connectivity index (χ0n) is 18.4. The van der Waals surface area contributed by atoms with Gasteiger partial charge in [0.2, 0.25) is 17.7 Å². The van der Waals surface area contributed by atoms with Gasteiger partial charge < -0.3 is 20.1 Å². The van der Waals surface area contributed by atoms with Gasteiger partial charge in [0.05, 0.1) is 28.4 Å². The third-order valence-corrected chi connectivity index (χ3v) is 7.33. The van der Waals surface area contributed by atoms with Gasteiger partial charge in [0.1, 0.15) is 24.0 Å². The lowest BCUT2D eigenvalue weighted by molar-refractivity contribution is -0.132. The Kier molecular flexibility index (Phi) is 4.63. The van der Waals surface area contributed by atoms with E-state index in [-0.39, 0.29) is 31.0 Å². The van der Waals surface area contributed by atoms with E-state index >= 15 is 0 Å². The van der Waals surface area contributed by atoms with E-state index in [9.17, 15) is 19.1 Å². The molecule has 34 heavy (non-hydrogen) atoms. The molecule has 2 amide bonds. The van der Waals surface area contributed by atoms with Crippen LogP contribution in [0.1, 0.15) is 37.7 Å². The van der Waals surface area contributed by atoms with E-state index in [1.807, 2.05) is 6.07 Å². The number of amides is 2. The number of aromatic amines is 1. The molecule has 0 unspecified atom stereocenters. The van der Waals surface area contributed by atoms with Gasteiger partial charge >= 0.3 is 0 Å². The van der Waals surface area contributed by atoms with Crippen LogP contribution in [0, 0.1) is 5.82 Å². The first-order valence-corrected chi connectivity index (χ1v) is 11.4. The zero-order chi connectivity index (χ0) is 23.5. The average molecular weight is 465 g/mol. The monoisotopic (exact) mass is 465 g/mol. The van der Waals surface area contributed by atoms with Gasteiger partial charge in [-0.1, -0.05) is 6.07 Å². The summed E-state index contributed by atoms with van der Waals surface area (Å²) in [6, 6.07) is 8.09. The highest BCUT2D eigenvalue weighted by Gasteiger charge is 2.61. The molecule has 0 saturated heterocycles. The minimum atomic E-state index is -1.06. The lowest BCUT2D eigenvalue weighted by Gasteiger charge is -2.43. The molecule has 2 saturated carbocycles. The Bertz CT molecular complexity index is 1300. The second-order valence-electron chi connectivity index (χ2n) is 9.56. The summed E-state index contributed by atoms with van der Waals surface area (Å²) in [7, 11) is 0. The van der Waals surface area contributed by atoms with Crippen molar-refractivity contribution in [2.24, 2.45) is 0 Å². The van der Waals surface area contributed by atoms with Crippen LogP contribution in [0.25, 0.3) is 11.0 Å². The summed E-state index contributed by atoms with van der Waals surface area (Å²) >= 11 is 0. The van der Waals surface area contributed by atoms with Crippen molar-refractivity contribution in [1.82, 2.24) is 20.5 Å². The van der Waals surface area contributed by atoms with Crippen molar-refractivity contribution in [1.29, 1.82) is 0 Å². The lowest BCUT2D eigenvalue weighted by Crippen LogP contribution is -2.55. The molecule has 2 aliphatic carbocycles. The lowest BCUT2D eigenvalue weighted by atomic mass is 9.63. The van der Waals surface area contributed by atoms with Gasteiger partial charge in [0.25, 0.3) is 0 Å². The fraction of sp³-hybridized carbons (Fsp3) is 0.417. The van der Waals surface area contributed by atoms with Gasteiger partial charge in [-0.2, -0.15) is 5.10 Å². The summed E-state index contributed by atoms with van der Waals surface area (Å²) in [5.41, 5.74) is 0.281. The first-order chi connectivity index (χ1) is 16.4. The maximum Gasteiger partial charge on any atom is 0.240 e. The summed E-state index contributed by atoms with van der Waals surface area (Å²) in [5, 5.41) is 19.7. The Morgan fingerprint density at radius 1 is 1.29 bits per heavy atom. The van der Waals surface area contributed by atoms with Crippen LogP contribution < -0.4 is 15.0 Å². The van der Waals surface area contributed by atoms with Gasteiger partial charge in [-0.25, -0.2) is 9.37 Å². The van der Waals surface area contributed by atoms with Crippen molar-refractivity contribution in [2.75, 3.05) is 18.0 Å². The SMILES string of the molecule is O=C(CN1C(=O)C2(CC(Oc3ccc4[nH]ncc4n3)C2)c2c(F)cccc21)NCC1(O)CCC1. The summed E-state index contributed by atoms with van der Waals surface area (Å²) in [6.07, 6.45) is 4.11. The van der Waals surface area contributed by atoms with Crippen molar-refractivity contribution in [3.05, 3.63) is 47.9 Å². The maximum absolute atomic E-state index is 15.0. The predicted molar refractivity (Wildman–Crippen MR) is 120 cm³/mol. The molecule has 0 bridgehead atoms. The van der Waals surface area contributed by atoms with E-state index in [2.05, 4.69) is 20.5 Å². The molecule has 1 aliphatic heterocycles. The predicted octanol–water partition coefficient (Wildman–Crippen LogP) is 1.95.